The zero-order valence-corrected chi connectivity index (χ0v) is 19.0. The van der Waals surface area contributed by atoms with E-state index in [1.165, 1.54) is 17.0 Å². The maximum Gasteiger partial charge on any atom is 0.257 e. The summed E-state index contributed by atoms with van der Waals surface area (Å²) in [6.07, 6.45) is 8.09. The van der Waals surface area contributed by atoms with Crippen LogP contribution in [0.15, 0.2) is 64.9 Å². The fourth-order valence-electron chi connectivity index (χ4n) is 4.44. The molecule has 0 saturated carbocycles. The van der Waals surface area contributed by atoms with Crippen LogP contribution >= 0.6 is 0 Å². The van der Waals surface area contributed by atoms with Crippen LogP contribution in [0.2, 0.25) is 0 Å². The van der Waals surface area contributed by atoms with Crippen LogP contribution in [0.3, 0.4) is 0 Å². The maximum absolute atomic E-state index is 14.9. The molecule has 3 N–H and O–H groups in total. The van der Waals surface area contributed by atoms with Crippen LogP contribution in [0.4, 0.5) is 13.2 Å². The van der Waals surface area contributed by atoms with Crippen molar-refractivity contribution < 1.29 is 27.8 Å². The molecule has 2 aromatic carbocycles. The minimum atomic E-state index is -0.949. The summed E-state index contributed by atoms with van der Waals surface area (Å²) in [6.45, 7) is -0.0148. The molecule has 2 aliphatic heterocycles. The summed E-state index contributed by atoms with van der Waals surface area (Å²) in [6, 6.07) is 5.87. The van der Waals surface area contributed by atoms with Gasteiger partial charge in [0.15, 0.2) is 11.6 Å². The molecule has 1 amide bonds. The van der Waals surface area contributed by atoms with E-state index in [9.17, 15) is 23.1 Å². The van der Waals surface area contributed by atoms with Gasteiger partial charge in [-0.3, -0.25) is 4.79 Å². The number of hydrogen-bond donors (Lipinski definition) is 2. The van der Waals surface area contributed by atoms with Gasteiger partial charge in [-0.05, 0) is 68.0 Å². The molecule has 2 atom stereocenters. The minimum absolute atomic E-state index is 0.123. The number of allylic oxidation sites excluding steroid dienone is 3. The Balaban J connectivity index is 1.49. The second kappa shape index (κ2) is 10.8. The third-order valence-corrected chi connectivity index (χ3v) is 6.28. The van der Waals surface area contributed by atoms with E-state index in [4.69, 9.17) is 10.5 Å². The summed E-state index contributed by atoms with van der Waals surface area (Å²) in [5.41, 5.74) is 6.51. The lowest BCUT2D eigenvalue weighted by Gasteiger charge is -2.39. The number of ether oxygens (including phenoxy) is 1. The Kier molecular flexibility index (Phi) is 7.55. The Morgan fingerprint density at radius 2 is 1.91 bits per heavy atom. The van der Waals surface area contributed by atoms with Crippen molar-refractivity contribution >= 4 is 12.1 Å². The van der Waals surface area contributed by atoms with Gasteiger partial charge in [-0.1, -0.05) is 11.6 Å². The highest BCUT2D eigenvalue weighted by Gasteiger charge is 2.34. The zero-order chi connectivity index (χ0) is 24.9. The molecule has 6 nitrogen and oxygen atoms in total. The number of nitrogens with two attached hydrogens (primary N) is 1. The van der Waals surface area contributed by atoms with E-state index in [2.05, 4.69) is 4.99 Å². The molecule has 2 aliphatic rings. The Bertz CT molecular complexity index is 1180. The molecular weight excluding hydrogens is 459 g/mol. The van der Waals surface area contributed by atoms with Gasteiger partial charge in [0.1, 0.15) is 23.2 Å². The molecule has 0 bridgehead atoms. The Morgan fingerprint density at radius 3 is 2.66 bits per heavy atom. The summed E-state index contributed by atoms with van der Waals surface area (Å²) in [5, 5.41) is 9.99. The highest BCUT2D eigenvalue weighted by atomic mass is 19.1. The summed E-state index contributed by atoms with van der Waals surface area (Å²) >= 11 is 0. The molecule has 0 radical (unpaired) electrons. The Labute approximate surface area is 201 Å². The molecule has 4 rings (SSSR count). The number of aliphatic imine (C=N–C) groups is 1. The molecule has 2 aromatic rings. The van der Waals surface area contributed by atoms with Crippen molar-refractivity contribution in [2.45, 2.75) is 31.7 Å². The number of aliphatic hydroxyl groups excluding tert-OH is 1. The summed E-state index contributed by atoms with van der Waals surface area (Å²) in [4.78, 5) is 18.6. The fraction of sp³-hybridized carbons (Fsp3) is 0.308. The zero-order valence-electron chi connectivity index (χ0n) is 19.0. The van der Waals surface area contributed by atoms with Crippen molar-refractivity contribution in [2.24, 2.45) is 16.6 Å². The number of nitrogens with zero attached hydrogens (tertiary/aromatic N) is 2. The minimum Gasteiger partial charge on any atom is -0.454 e. The van der Waals surface area contributed by atoms with Crippen LogP contribution in [0.5, 0.6) is 11.5 Å². The van der Waals surface area contributed by atoms with E-state index in [0.29, 0.717) is 18.7 Å². The predicted molar refractivity (Wildman–Crippen MR) is 126 cm³/mol. The lowest BCUT2D eigenvalue weighted by atomic mass is 9.82. The second-order valence-corrected chi connectivity index (χ2v) is 8.56. The molecule has 0 aliphatic carbocycles. The number of halogens is 3. The highest BCUT2D eigenvalue weighted by Crippen LogP contribution is 2.34. The van der Waals surface area contributed by atoms with Crippen molar-refractivity contribution in [1.29, 1.82) is 0 Å². The van der Waals surface area contributed by atoms with Gasteiger partial charge < -0.3 is 20.5 Å². The highest BCUT2D eigenvalue weighted by molar-refractivity contribution is 5.95. The molecule has 1 unspecified atom stereocenters. The average molecular weight is 486 g/mol. The van der Waals surface area contributed by atoms with Crippen LogP contribution in [0, 0.1) is 23.4 Å². The summed E-state index contributed by atoms with van der Waals surface area (Å²) in [5.74, 6) is -2.83. The van der Waals surface area contributed by atoms with Crippen LogP contribution < -0.4 is 10.5 Å². The number of carbonyl (C=O) groups is 1. The van der Waals surface area contributed by atoms with Crippen molar-refractivity contribution in [3.63, 3.8) is 0 Å². The van der Waals surface area contributed by atoms with Gasteiger partial charge in [0.2, 0.25) is 0 Å². The number of rotatable bonds is 5. The van der Waals surface area contributed by atoms with E-state index in [1.807, 2.05) is 6.08 Å². The Hall–Kier alpha value is -3.59. The van der Waals surface area contributed by atoms with E-state index in [-0.39, 0.29) is 24.8 Å². The maximum atomic E-state index is 14.9. The monoisotopic (exact) mass is 485 g/mol. The van der Waals surface area contributed by atoms with Gasteiger partial charge in [0.25, 0.3) is 5.91 Å². The number of benzene rings is 2. The average Bonchev–Trinajstić information content (AvgIpc) is 2.84. The van der Waals surface area contributed by atoms with Crippen LogP contribution in [-0.4, -0.2) is 41.3 Å². The lowest BCUT2D eigenvalue weighted by molar-refractivity contribution is 0.0437. The van der Waals surface area contributed by atoms with Crippen molar-refractivity contribution in [1.82, 2.24) is 4.90 Å². The van der Waals surface area contributed by atoms with Gasteiger partial charge in [-0.15, -0.1) is 0 Å². The molecule has 184 valence electrons. The van der Waals surface area contributed by atoms with E-state index in [0.717, 1.165) is 42.7 Å². The van der Waals surface area contributed by atoms with E-state index in [1.54, 1.807) is 12.3 Å². The van der Waals surface area contributed by atoms with Gasteiger partial charge in [0, 0.05) is 18.8 Å². The standard InChI is InChI=1S/C26H26F3N3O3/c27-18-4-6-20(7-5-18)35-24-14-22(28)21(13-23(24)29)26(34)32-11-9-17(12-19(32)15-33)16-2-1-10-31-25(30)8-3-16/h3-8,10,13-14,17,19,33H,1-2,9,11-12,15,30H2/t17-,19?/m0/s1. The first-order valence-electron chi connectivity index (χ1n) is 11.4. The molecular formula is C26H26F3N3O3. The van der Waals surface area contributed by atoms with Crippen LogP contribution in [-0.2, 0) is 0 Å². The number of aliphatic hydroxyl groups is 1. The first-order chi connectivity index (χ1) is 16.9. The molecule has 1 fully saturated rings. The van der Waals surface area contributed by atoms with Crippen molar-refractivity contribution in [3.8, 4) is 11.5 Å². The molecule has 9 heteroatoms. The first-order valence-corrected chi connectivity index (χ1v) is 11.4. The third kappa shape index (κ3) is 5.74. The molecule has 35 heavy (non-hydrogen) atoms. The molecule has 0 spiro atoms. The number of amides is 1. The smallest absolute Gasteiger partial charge is 0.257 e. The molecule has 2 heterocycles. The third-order valence-electron chi connectivity index (χ3n) is 6.28. The van der Waals surface area contributed by atoms with E-state index < -0.39 is 40.7 Å². The van der Waals surface area contributed by atoms with Crippen molar-refractivity contribution in [2.75, 3.05) is 13.2 Å². The molecule has 0 aromatic heterocycles. The number of piperidine rings is 1. The largest absolute Gasteiger partial charge is 0.454 e. The number of likely N-dealkylation sites (tertiary alicyclic amines) is 1. The van der Waals surface area contributed by atoms with Crippen LogP contribution in [0.25, 0.3) is 0 Å². The fourth-order valence-corrected chi connectivity index (χ4v) is 4.44. The van der Waals surface area contributed by atoms with Gasteiger partial charge in [-0.2, -0.15) is 0 Å². The van der Waals surface area contributed by atoms with Crippen LogP contribution in [0.1, 0.15) is 36.0 Å². The summed E-state index contributed by atoms with van der Waals surface area (Å²) < 4.78 is 47.9. The lowest BCUT2D eigenvalue weighted by Crippen LogP contribution is -2.48. The SMILES string of the molecule is NC1=CC=C([C@H]2CCN(C(=O)c3cc(F)c(Oc4ccc(F)cc4)cc3F)C(CO)C2)CCC=N1. The predicted octanol–water partition coefficient (Wildman–Crippen LogP) is 4.70. The number of carbonyl (C=O) groups excluding carboxylic acids is 1. The quantitative estimate of drug-likeness (QED) is 0.643. The second-order valence-electron chi connectivity index (χ2n) is 8.56. The van der Waals surface area contributed by atoms with E-state index >= 15 is 0 Å². The first kappa shape index (κ1) is 24.5. The van der Waals surface area contributed by atoms with Gasteiger partial charge in [-0.25, -0.2) is 18.2 Å². The van der Waals surface area contributed by atoms with Crippen molar-refractivity contribution in [3.05, 3.63) is 83.0 Å². The number of hydrogen-bond acceptors (Lipinski definition) is 5. The summed E-state index contributed by atoms with van der Waals surface area (Å²) in [7, 11) is 0. The Morgan fingerprint density at radius 1 is 1.14 bits per heavy atom. The van der Waals surface area contributed by atoms with Gasteiger partial charge >= 0.3 is 0 Å². The van der Waals surface area contributed by atoms with Gasteiger partial charge in [0.05, 0.1) is 18.2 Å². The molecule has 1 saturated heterocycles. The topological polar surface area (TPSA) is 88.2 Å². The normalized spacial score (nSPS) is 20.5.